The smallest absolute Gasteiger partial charge is 0.275 e. The van der Waals surface area contributed by atoms with Crippen molar-refractivity contribution >= 4 is 28.1 Å². The zero-order chi connectivity index (χ0) is 21.3. The maximum absolute atomic E-state index is 12.3. The highest BCUT2D eigenvalue weighted by atomic mass is 79.9. The first-order valence-electron chi connectivity index (χ1n) is 9.12. The van der Waals surface area contributed by atoms with Crippen LogP contribution in [0.15, 0.2) is 76.3 Å². The molecule has 0 aliphatic heterocycles. The highest BCUT2D eigenvalue weighted by Gasteiger charge is 2.12. The second-order valence-corrected chi connectivity index (χ2v) is 7.17. The second kappa shape index (κ2) is 10.5. The summed E-state index contributed by atoms with van der Waals surface area (Å²) < 4.78 is 17.2. The van der Waals surface area contributed by atoms with Crippen molar-refractivity contribution in [1.29, 1.82) is 0 Å². The lowest BCUT2D eigenvalue weighted by Crippen LogP contribution is -2.18. The van der Waals surface area contributed by atoms with Crippen LogP contribution in [0.5, 0.6) is 17.2 Å². The number of hydrogen-bond acceptors (Lipinski definition) is 5. The molecule has 7 heteroatoms. The van der Waals surface area contributed by atoms with Gasteiger partial charge in [-0.2, -0.15) is 5.10 Å². The number of carbonyl (C=O) groups is 1. The predicted molar refractivity (Wildman–Crippen MR) is 120 cm³/mol. The molecule has 1 N–H and O–H groups in total. The zero-order valence-corrected chi connectivity index (χ0v) is 18.2. The van der Waals surface area contributed by atoms with Crippen LogP contribution < -0.4 is 19.6 Å². The number of rotatable bonds is 8. The summed E-state index contributed by atoms with van der Waals surface area (Å²) in [5, 5.41) is 4.01. The Kier molecular flexibility index (Phi) is 7.45. The van der Waals surface area contributed by atoms with Gasteiger partial charge in [-0.1, -0.05) is 28.1 Å². The molecule has 0 aliphatic carbocycles. The van der Waals surface area contributed by atoms with Gasteiger partial charge >= 0.3 is 0 Å². The van der Waals surface area contributed by atoms with E-state index in [0.29, 0.717) is 23.7 Å². The van der Waals surface area contributed by atoms with E-state index in [1.165, 1.54) is 7.11 Å². The average Bonchev–Trinajstić information content (AvgIpc) is 2.79. The standard InChI is InChI=1S/C23H21BrN2O4/c1-28-20-11-12-21(22(13-20)29-2)23(27)26-25-14-16-5-9-19(10-6-16)30-15-17-3-7-18(24)8-4-17/h3-14H,15H2,1-2H3,(H,26,27)/b25-14-. The fourth-order valence-corrected chi connectivity index (χ4v) is 2.87. The first kappa shape index (κ1) is 21.4. The van der Waals surface area contributed by atoms with Crippen LogP contribution in [0.3, 0.4) is 0 Å². The second-order valence-electron chi connectivity index (χ2n) is 6.25. The molecule has 154 valence electrons. The normalized spacial score (nSPS) is 10.6. The van der Waals surface area contributed by atoms with Crippen molar-refractivity contribution in [3.05, 3.63) is 87.9 Å². The number of methoxy groups -OCH3 is 2. The molecule has 0 saturated carbocycles. The number of nitrogens with one attached hydrogen (secondary N) is 1. The number of benzene rings is 3. The van der Waals surface area contributed by atoms with Gasteiger partial charge in [0.2, 0.25) is 0 Å². The number of amides is 1. The fraction of sp³-hybridized carbons (Fsp3) is 0.130. The van der Waals surface area contributed by atoms with Gasteiger partial charge in [0.05, 0.1) is 26.0 Å². The van der Waals surface area contributed by atoms with E-state index in [9.17, 15) is 4.79 Å². The van der Waals surface area contributed by atoms with Gasteiger partial charge in [0.15, 0.2) is 0 Å². The minimum Gasteiger partial charge on any atom is -0.497 e. The molecule has 0 radical (unpaired) electrons. The van der Waals surface area contributed by atoms with Crippen molar-refractivity contribution in [2.75, 3.05) is 14.2 Å². The summed E-state index contributed by atoms with van der Waals surface area (Å²) in [5.74, 6) is 1.39. The van der Waals surface area contributed by atoms with Crippen LogP contribution in [0, 0.1) is 0 Å². The molecule has 0 aromatic heterocycles. The number of hydrogen-bond donors (Lipinski definition) is 1. The van der Waals surface area contributed by atoms with Crippen molar-refractivity contribution in [1.82, 2.24) is 5.43 Å². The Morgan fingerprint density at radius 1 is 0.967 bits per heavy atom. The summed E-state index contributed by atoms with van der Waals surface area (Å²) in [5.41, 5.74) is 4.78. The van der Waals surface area contributed by atoms with Gasteiger partial charge < -0.3 is 14.2 Å². The third kappa shape index (κ3) is 5.84. The van der Waals surface area contributed by atoms with Gasteiger partial charge in [-0.15, -0.1) is 0 Å². The Balaban J connectivity index is 1.55. The van der Waals surface area contributed by atoms with E-state index < -0.39 is 0 Å². The number of ether oxygens (including phenoxy) is 3. The Morgan fingerprint density at radius 2 is 1.67 bits per heavy atom. The van der Waals surface area contributed by atoms with Crippen LogP contribution in [0.1, 0.15) is 21.5 Å². The summed E-state index contributed by atoms with van der Waals surface area (Å²) in [4.78, 5) is 12.3. The predicted octanol–water partition coefficient (Wildman–Crippen LogP) is 4.81. The third-order valence-electron chi connectivity index (χ3n) is 4.23. The van der Waals surface area contributed by atoms with Crippen molar-refractivity contribution in [3.63, 3.8) is 0 Å². The van der Waals surface area contributed by atoms with E-state index in [4.69, 9.17) is 14.2 Å². The Labute approximate surface area is 183 Å². The third-order valence-corrected chi connectivity index (χ3v) is 4.76. The lowest BCUT2D eigenvalue weighted by molar-refractivity contribution is 0.0952. The van der Waals surface area contributed by atoms with Crippen molar-refractivity contribution in [3.8, 4) is 17.2 Å². The Morgan fingerprint density at radius 3 is 2.33 bits per heavy atom. The van der Waals surface area contributed by atoms with Gasteiger partial charge in [-0.3, -0.25) is 4.79 Å². The van der Waals surface area contributed by atoms with Crippen LogP contribution in [0.4, 0.5) is 0 Å². The van der Waals surface area contributed by atoms with Crippen LogP contribution in [-0.4, -0.2) is 26.3 Å². The minimum absolute atomic E-state index is 0.368. The SMILES string of the molecule is COc1ccc(C(=O)N/N=C\c2ccc(OCc3ccc(Br)cc3)cc2)c(OC)c1. The first-order valence-corrected chi connectivity index (χ1v) is 9.91. The van der Waals surface area contributed by atoms with Gasteiger partial charge in [-0.05, 0) is 59.7 Å². The molecule has 0 atom stereocenters. The summed E-state index contributed by atoms with van der Waals surface area (Å²) in [6.45, 7) is 0.487. The maximum Gasteiger partial charge on any atom is 0.275 e. The molecule has 30 heavy (non-hydrogen) atoms. The molecule has 0 saturated heterocycles. The van der Waals surface area contributed by atoms with E-state index in [2.05, 4.69) is 26.5 Å². The molecule has 0 bridgehead atoms. The van der Waals surface area contributed by atoms with Gasteiger partial charge in [-0.25, -0.2) is 5.43 Å². The quantitative estimate of drug-likeness (QED) is 0.380. The van der Waals surface area contributed by atoms with Gasteiger partial charge in [0.25, 0.3) is 5.91 Å². The molecule has 3 aromatic rings. The Bertz CT molecular complexity index is 1020. The van der Waals surface area contributed by atoms with Crippen LogP contribution in [0.25, 0.3) is 0 Å². The first-order chi connectivity index (χ1) is 14.6. The van der Waals surface area contributed by atoms with E-state index in [-0.39, 0.29) is 5.91 Å². The molecule has 1 amide bonds. The van der Waals surface area contributed by atoms with Crippen molar-refractivity contribution in [2.45, 2.75) is 6.61 Å². The van der Waals surface area contributed by atoms with Crippen LogP contribution in [-0.2, 0) is 6.61 Å². The lowest BCUT2D eigenvalue weighted by Gasteiger charge is -2.09. The van der Waals surface area contributed by atoms with E-state index in [0.717, 1.165) is 21.3 Å². The van der Waals surface area contributed by atoms with Gasteiger partial charge in [0.1, 0.15) is 23.9 Å². The molecule has 0 unspecified atom stereocenters. The van der Waals surface area contributed by atoms with Gasteiger partial charge in [0, 0.05) is 10.5 Å². The fourth-order valence-electron chi connectivity index (χ4n) is 2.61. The largest absolute Gasteiger partial charge is 0.497 e. The number of halogens is 1. The molecule has 0 heterocycles. The number of hydrazone groups is 1. The zero-order valence-electron chi connectivity index (χ0n) is 16.6. The number of carbonyl (C=O) groups excluding carboxylic acids is 1. The molecule has 3 aromatic carbocycles. The molecular formula is C23H21BrN2O4. The minimum atomic E-state index is -0.375. The number of nitrogens with zero attached hydrogens (tertiary/aromatic N) is 1. The summed E-state index contributed by atoms with van der Waals surface area (Å²) in [6.07, 6.45) is 1.56. The molecule has 0 aliphatic rings. The lowest BCUT2D eigenvalue weighted by atomic mass is 10.2. The van der Waals surface area contributed by atoms with E-state index in [1.807, 2.05) is 48.5 Å². The topological polar surface area (TPSA) is 69.2 Å². The monoisotopic (exact) mass is 468 g/mol. The van der Waals surface area contributed by atoms with Crippen molar-refractivity contribution < 1.29 is 19.0 Å². The molecule has 3 rings (SSSR count). The highest BCUT2D eigenvalue weighted by Crippen LogP contribution is 2.24. The van der Waals surface area contributed by atoms with E-state index >= 15 is 0 Å². The molecule has 0 spiro atoms. The van der Waals surface area contributed by atoms with Crippen LogP contribution >= 0.6 is 15.9 Å². The summed E-state index contributed by atoms with van der Waals surface area (Å²) in [6, 6.07) is 20.4. The average molecular weight is 469 g/mol. The van der Waals surface area contributed by atoms with E-state index in [1.54, 1.807) is 31.5 Å². The maximum atomic E-state index is 12.3. The highest BCUT2D eigenvalue weighted by molar-refractivity contribution is 9.10. The van der Waals surface area contributed by atoms with Crippen molar-refractivity contribution in [2.24, 2.45) is 5.10 Å². The molecule has 6 nitrogen and oxygen atoms in total. The summed E-state index contributed by atoms with van der Waals surface area (Å²) in [7, 11) is 3.05. The molecular weight excluding hydrogens is 448 g/mol. The summed E-state index contributed by atoms with van der Waals surface area (Å²) >= 11 is 3.41. The Hall–Kier alpha value is -3.32. The molecule has 0 fully saturated rings. The van der Waals surface area contributed by atoms with Crippen LogP contribution in [0.2, 0.25) is 0 Å².